The number of rotatable bonds is 6. The number of hydrogen-bond donors (Lipinski definition) is 1. The van der Waals surface area contributed by atoms with Crippen molar-refractivity contribution in [3.05, 3.63) is 28.2 Å². The van der Waals surface area contributed by atoms with E-state index >= 15 is 0 Å². The number of halogens is 2. The van der Waals surface area contributed by atoms with E-state index in [1.54, 1.807) is 6.07 Å². The highest BCUT2D eigenvalue weighted by atomic mass is 35.5. The van der Waals surface area contributed by atoms with Crippen LogP contribution in [0.4, 0.5) is 5.69 Å². The highest BCUT2D eigenvalue weighted by Gasteiger charge is 2.14. The molecular formula is C13H17Cl2NO2. The summed E-state index contributed by atoms with van der Waals surface area (Å²) in [7, 11) is 0. The molecule has 0 atom stereocenters. The fourth-order valence-corrected chi connectivity index (χ4v) is 2.13. The van der Waals surface area contributed by atoms with Crippen LogP contribution in [-0.4, -0.2) is 24.2 Å². The van der Waals surface area contributed by atoms with E-state index in [0.29, 0.717) is 22.5 Å². The standard InChI is InChI=1S/C13H17Cl2NO2/c1-9(2)8-16(7-6-12(17)18)11-5-3-4-10(14)13(11)15/h3-5,9H,6-8H2,1-2H3,(H,17,18). The van der Waals surface area contributed by atoms with Crippen molar-refractivity contribution < 1.29 is 9.90 Å². The molecule has 100 valence electrons. The second-order valence-electron chi connectivity index (χ2n) is 4.56. The van der Waals surface area contributed by atoms with Crippen LogP contribution in [0.2, 0.25) is 10.0 Å². The smallest absolute Gasteiger partial charge is 0.305 e. The Bertz CT molecular complexity index is 421. The topological polar surface area (TPSA) is 40.5 Å². The molecule has 1 rings (SSSR count). The molecule has 0 saturated carbocycles. The lowest BCUT2D eigenvalue weighted by Gasteiger charge is -2.27. The maximum atomic E-state index is 10.7. The summed E-state index contributed by atoms with van der Waals surface area (Å²) in [6.45, 7) is 5.32. The summed E-state index contributed by atoms with van der Waals surface area (Å²) in [6, 6.07) is 5.40. The fraction of sp³-hybridized carbons (Fsp3) is 0.462. The molecule has 0 bridgehead atoms. The number of benzene rings is 1. The minimum Gasteiger partial charge on any atom is -0.481 e. The van der Waals surface area contributed by atoms with Crippen molar-refractivity contribution in [2.24, 2.45) is 5.92 Å². The first-order valence-corrected chi connectivity index (χ1v) is 6.58. The molecule has 0 aliphatic carbocycles. The molecule has 0 aliphatic rings. The van der Waals surface area contributed by atoms with Gasteiger partial charge in [-0.3, -0.25) is 4.79 Å². The highest BCUT2D eigenvalue weighted by Crippen LogP contribution is 2.32. The van der Waals surface area contributed by atoms with E-state index in [9.17, 15) is 4.79 Å². The second-order valence-corrected chi connectivity index (χ2v) is 5.34. The number of carboxylic acids is 1. The zero-order valence-electron chi connectivity index (χ0n) is 10.5. The molecule has 1 aromatic carbocycles. The highest BCUT2D eigenvalue weighted by molar-refractivity contribution is 6.43. The zero-order chi connectivity index (χ0) is 13.7. The number of carbonyl (C=O) groups is 1. The van der Waals surface area contributed by atoms with Crippen molar-refractivity contribution in [1.29, 1.82) is 0 Å². The average Bonchev–Trinajstić information content (AvgIpc) is 2.27. The summed E-state index contributed by atoms with van der Waals surface area (Å²) < 4.78 is 0. The van der Waals surface area contributed by atoms with Gasteiger partial charge in [-0.1, -0.05) is 43.1 Å². The van der Waals surface area contributed by atoms with E-state index in [0.717, 1.165) is 12.2 Å². The van der Waals surface area contributed by atoms with Gasteiger partial charge in [-0.25, -0.2) is 0 Å². The van der Waals surface area contributed by atoms with Crippen LogP contribution in [0.5, 0.6) is 0 Å². The molecule has 1 N–H and O–H groups in total. The van der Waals surface area contributed by atoms with Crippen molar-refractivity contribution in [2.45, 2.75) is 20.3 Å². The van der Waals surface area contributed by atoms with E-state index in [1.807, 2.05) is 17.0 Å². The Morgan fingerprint density at radius 2 is 2.06 bits per heavy atom. The summed E-state index contributed by atoms with van der Waals surface area (Å²) >= 11 is 12.1. The average molecular weight is 290 g/mol. The lowest BCUT2D eigenvalue weighted by molar-refractivity contribution is -0.136. The summed E-state index contributed by atoms with van der Waals surface area (Å²) in [6.07, 6.45) is 0.0789. The van der Waals surface area contributed by atoms with Crippen LogP contribution in [-0.2, 0) is 4.79 Å². The Morgan fingerprint density at radius 1 is 1.39 bits per heavy atom. The molecule has 18 heavy (non-hydrogen) atoms. The molecule has 0 saturated heterocycles. The summed E-state index contributed by atoms with van der Waals surface area (Å²) in [5, 5.41) is 9.74. The van der Waals surface area contributed by atoms with Crippen molar-refractivity contribution >= 4 is 34.9 Å². The first-order valence-electron chi connectivity index (χ1n) is 5.82. The molecule has 0 fully saturated rings. The van der Waals surface area contributed by atoms with Crippen LogP contribution in [0.25, 0.3) is 0 Å². The number of aliphatic carboxylic acids is 1. The normalized spacial score (nSPS) is 10.7. The predicted octanol–water partition coefficient (Wildman–Crippen LogP) is 3.93. The Morgan fingerprint density at radius 3 is 2.61 bits per heavy atom. The molecule has 0 aliphatic heterocycles. The van der Waals surface area contributed by atoms with Crippen LogP contribution in [0.3, 0.4) is 0 Å². The Kier molecular flexibility index (Phi) is 5.76. The van der Waals surface area contributed by atoms with Gasteiger partial charge in [0, 0.05) is 13.1 Å². The maximum absolute atomic E-state index is 10.7. The van der Waals surface area contributed by atoms with Gasteiger partial charge in [0.2, 0.25) is 0 Å². The van der Waals surface area contributed by atoms with Gasteiger partial charge in [0.25, 0.3) is 0 Å². The van der Waals surface area contributed by atoms with Gasteiger partial charge in [0.1, 0.15) is 0 Å². The Labute approximate surface area is 117 Å². The number of hydrogen-bond acceptors (Lipinski definition) is 2. The second kappa shape index (κ2) is 6.86. The van der Waals surface area contributed by atoms with Crippen LogP contribution in [0.1, 0.15) is 20.3 Å². The number of anilines is 1. The third-order valence-electron chi connectivity index (χ3n) is 2.45. The quantitative estimate of drug-likeness (QED) is 0.863. The van der Waals surface area contributed by atoms with Crippen LogP contribution >= 0.6 is 23.2 Å². The van der Waals surface area contributed by atoms with Gasteiger partial charge >= 0.3 is 5.97 Å². The molecule has 0 amide bonds. The van der Waals surface area contributed by atoms with Gasteiger partial charge < -0.3 is 10.0 Å². The van der Waals surface area contributed by atoms with Crippen LogP contribution < -0.4 is 4.90 Å². The summed E-state index contributed by atoms with van der Waals surface area (Å²) in [5.74, 6) is -0.407. The Balaban J connectivity index is 2.93. The van der Waals surface area contributed by atoms with Crippen molar-refractivity contribution in [1.82, 2.24) is 0 Å². The van der Waals surface area contributed by atoms with Gasteiger partial charge in [-0.15, -0.1) is 0 Å². The third-order valence-corrected chi connectivity index (χ3v) is 3.26. The minimum atomic E-state index is -0.818. The van der Waals surface area contributed by atoms with E-state index in [-0.39, 0.29) is 6.42 Å². The first-order chi connectivity index (χ1) is 8.41. The molecule has 0 unspecified atom stereocenters. The fourth-order valence-electron chi connectivity index (χ4n) is 1.72. The van der Waals surface area contributed by atoms with E-state index < -0.39 is 5.97 Å². The first kappa shape index (κ1) is 15.1. The molecule has 0 spiro atoms. The van der Waals surface area contributed by atoms with E-state index in [2.05, 4.69) is 13.8 Å². The molecular weight excluding hydrogens is 273 g/mol. The zero-order valence-corrected chi connectivity index (χ0v) is 12.0. The minimum absolute atomic E-state index is 0.0789. The lowest BCUT2D eigenvalue weighted by Crippen LogP contribution is -2.30. The predicted molar refractivity (Wildman–Crippen MR) is 75.8 cm³/mol. The van der Waals surface area contributed by atoms with Gasteiger partial charge in [-0.05, 0) is 18.1 Å². The molecule has 1 aromatic rings. The molecule has 3 nitrogen and oxygen atoms in total. The van der Waals surface area contributed by atoms with Crippen molar-refractivity contribution in [2.75, 3.05) is 18.0 Å². The SMILES string of the molecule is CC(C)CN(CCC(=O)O)c1cccc(Cl)c1Cl. The largest absolute Gasteiger partial charge is 0.481 e. The summed E-state index contributed by atoms with van der Waals surface area (Å²) in [5.41, 5.74) is 0.791. The van der Waals surface area contributed by atoms with E-state index in [1.165, 1.54) is 0 Å². The number of nitrogens with zero attached hydrogens (tertiary/aromatic N) is 1. The monoisotopic (exact) mass is 289 g/mol. The lowest BCUT2D eigenvalue weighted by atomic mass is 10.1. The Hall–Kier alpha value is -0.930. The molecule has 5 heteroatoms. The molecule has 0 aromatic heterocycles. The van der Waals surface area contributed by atoms with Gasteiger partial charge in [0.05, 0.1) is 22.2 Å². The van der Waals surface area contributed by atoms with Gasteiger partial charge in [0.15, 0.2) is 0 Å². The van der Waals surface area contributed by atoms with Crippen LogP contribution in [0, 0.1) is 5.92 Å². The van der Waals surface area contributed by atoms with Crippen molar-refractivity contribution in [3.8, 4) is 0 Å². The molecule has 0 heterocycles. The third kappa shape index (κ3) is 4.39. The van der Waals surface area contributed by atoms with Crippen molar-refractivity contribution in [3.63, 3.8) is 0 Å². The van der Waals surface area contributed by atoms with Crippen LogP contribution in [0.15, 0.2) is 18.2 Å². The van der Waals surface area contributed by atoms with E-state index in [4.69, 9.17) is 28.3 Å². The molecule has 0 radical (unpaired) electrons. The summed E-state index contributed by atoms with van der Waals surface area (Å²) in [4.78, 5) is 12.7. The number of carboxylic acid groups (broad SMARTS) is 1. The van der Waals surface area contributed by atoms with Gasteiger partial charge in [-0.2, -0.15) is 0 Å². The maximum Gasteiger partial charge on any atom is 0.305 e.